The molecule has 0 aliphatic heterocycles. The maximum absolute atomic E-state index is 13.0. The van der Waals surface area contributed by atoms with Gasteiger partial charge < -0.3 is 5.32 Å². The number of carbonyl (C=O) groups excluding carboxylic acids is 1. The number of hydrogen-bond acceptors (Lipinski definition) is 4. The summed E-state index contributed by atoms with van der Waals surface area (Å²) in [6.07, 6.45) is -5.15. The van der Waals surface area contributed by atoms with E-state index in [-0.39, 0.29) is 11.4 Å². The van der Waals surface area contributed by atoms with E-state index >= 15 is 0 Å². The van der Waals surface area contributed by atoms with E-state index in [1.54, 1.807) is 6.92 Å². The number of carbonyl (C=O) groups is 1. The average Bonchev–Trinajstić information content (AvgIpc) is 3.32. The van der Waals surface area contributed by atoms with Crippen LogP contribution >= 0.6 is 0 Å². The SMILES string of the molecule is Cn1nc(C(F)(F)F)cc1C(=O)NC1(C)CCCc2nn(-c3ccnc(C(F)(F)F)c3)cc21. The molecule has 3 aromatic heterocycles. The molecule has 0 fully saturated rings. The summed E-state index contributed by atoms with van der Waals surface area (Å²) in [7, 11) is 1.23. The summed E-state index contributed by atoms with van der Waals surface area (Å²) >= 11 is 0. The monoisotopic (exact) mass is 472 g/mol. The first-order chi connectivity index (χ1) is 15.3. The van der Waals surface area contributed by atoms with Gasteiger partial charge in [0.25, 0.3) is 5.91 Å². The Morgan fingerprint density at radius 3 is 2.42 bits per heavy atom. The van der Waals surface area contributed by atoms with E-state index in [0.717, 1.165) is 16.9 Å². The van der Waals surface area contributed by atoms with Crippen LogP contribution in [-0.2, 0) is 31.4 Å². The second-order valence-corrected chi connectivity index (χ2v) is 8.01. The minimum atomic E-state index is -4.70. The molecule has 0 aromatic carbocycles. The van der Waals surface area contributed by atoms with Gasteiger partial charge in [-0.1, -0.05) is 0 Å². The van der Waals surface area contributed by atoms with Gasteiger partial charge in [-0.25, -0.2) is 4.68 Å². The summed E-state index contributed by atoms with van der Waals surface area (Å²) in [5.74, 6) is -0.758. The maximum atomic E-state index is 13.0. The van der Waals surface area contributed by atoms with E-state index in [2.05, 4.69) is 20.5 Å². The first kappa shape index (κ1) is 22.8. The van der Waals surface area contributed by atoms with E-state index in [1.165, 1.54) is 24.0 Å². The number of nitrogens with zero attached hydrogens (tertiary/aromatic N) is 5. The zero-order chi connectivity index (χ0) is 24.2. The van der Waals surface area contributed by atoms with Crippen molar-refractivity contribution in [3.05, 3.63) is 58.9 Å². The van der Waals surface area contributed by atoms with Crippen LogP contribution in [-0.4, -0.2) is 30.5 Å². The zero-order valence-electron chi connectivity index (χ0n) is 17.4. The number of alkyl halides is 6. The fraction of sp³-hybridized carbons (Fsp3) is 0.400. The van der Waals surface area contributed by atoms with Crippen LogP contribution in [0.25, 0.3) is 5.69 Å². The maximum Gasteiger partial charge on any atom is 0.435 e. The van der Waals surface area contributed by atoms with Crippen molar-refractivity contribution in [1.82, 2.24) is 29.9 Å². The molecule has 4 rings (SSSR count). The number of rotatable bonds is 3. The summed E-state index contributed by atoms with van der Waals surface area (Å²) in [5, 5.41) is 10.5. The van der Waals surface area contributed by atoms with E-state index in [4.69, 9.17) is 0 Å². The van der Waals surface area contributed by atoms with Crippen molar-refractivity contribution in [1.29, 1.82) is 0 Å². The van der Waals surface area contributed by atoms with Gasteiger partial charge in [-0.3, -0.25) is 14.5 Å². The van der Waals surface area contributed by atoms with Crippen molar-refractivity contribution in [2.24, 2.45) is 7.05 Å². The third kappa shape index (κ3) is 4.31. The second kappa shape index (κ2) is 7.59. The quantitative estimate of drug-likeness (QED) is 0.585. The number of amides is 1. The summed E-state index contributed by atoms with van der Waals surface area (Å²) < 4.78 is 80.1. The fourth-order valence-electron chi connectivity index (χ4n) is 3.91. The normalized spacial score (nSPS) is 18.8. The van der Waals surface area contributed by atoms with Crippen LogP contribution in [0.1, 0.15) is 52.9 Å². The Labute approximate surface area is 183 Å². The van der Waals surface area contributed by atoms with Crippen LogP contribution in [0.4, 0.5) is 26.3 Å². The lowest BCUT2D eigenvalue weighted by Gasteiger charge is -2.34. The Bertz CT molecular complexity index is 1210. The molecule has 0 radical (unpaired) electrons. The van der Waals surface area contributed by atoms with E-state index < -0.39 is 35.2 Å². The largest absolute Gasteiger partial charge is 0.435 e. The molecule has 1 atom stereocenters. The summed E-state index contributed by atoms with van der Waals surface area (Å²) in [5.41, 5.74) is -2.22. The molecule has 176 valence electrons. The van der Waals surface area contributed by atoms with Gasteiger partial charge >= 0.3 is 12.4 Å². The topological polar surface area (TPSA) is 77.6 Å². The molecule has 1 N–H and O–H groups in total. The van der Waals surface area contributed by atoms with Gasteiger partial charge in [-0.05, 0) is 38.3 Å². The van der Waals surface area contributed by atoms with Crippen LogP contribution in [0.5, 0.6) is 0 Å². The van der Waals surface area contributed by atoms with Gasteiger partial charge in [0, 0.05) is 31.1 Å². The van der Waals surface area contributed by atoms with Gasteiger partial charge in [-0.2, -0.15) is 36.5 Å². The molecular formula is C20H18F6N6O. The Morgan fingerprint density at radius 2 is 1.79 bits per heavy atom. The highest BCUT2D eigenvalue weighted by Gasteiger charge is 2.39. The van der Waals surface area contributed by atoms with Crippen molar-refractivity contribution in [3.8, 4) is 5.69 Å². The van der Waals surface area contributed by atoms with Crippen molar-refractivity contribution in [2.75, 3.05) is 0 Å². The lowest BCUT2D eigenvalue weighted by atomic mass is 9.81. The van der Waals surface area contributed by atoms with Crippen molar-refractivity contribution in [3.63, 3.8) is 0 Å². The standard InChI is InChI=1S/C20H18F6N6O/c1-18(28-17(33)14-9-16(20(24,25)26)30-31(14)2)6-3-4-13-12(18)10-32(29-13)11-5-7-27-15(8-11)19(21,22)23/h5,7-10H,3-4,6H2,1-2H3,(H,28,33). The minimum absolute atomic E-state index is 0.141. The predicted molar refractivity (Wildman–Crippen MR) is 102 cm³/mol. The van der Waals surface area contributed by atoms with Gasteiger partial charge in [0.1, 0.15) is 11.4 Å². The lowest BCUT2D eigenvalue weighted by Crippen LogP contribution is -2.45. The van der Waals surface area contributed by atoms with Gasteiger partial charge in [0.05, 0.1) is 16.9 Å². The number of aryl methyl sites for hydroxylation is 2. The number of hydrogen-bond donors (Lipinski definition) is 1. The van der Waals surface area contributed by atoms with Crippen LogP contribution in [0.3, 0.4) is 0 Å². The smallest absolute Gasteiger partial charge is 0.341 e. The van der Waals surface area contributed by atoms with E-state index in [0.29, 0.717) is 36.6 Å². The molecule has 13 heteroatoms. The Kier molecular flexibility index (Phi) is 5.25. The molecule has 1 aliphatic carbocycles. The molecule has 0 saturated heterocycles. The molecule has 1 amide bonds. The highest BCUT2D eigenvalue weighted by Crippen LogP contribution is 2.36. The number of pyridine rings is 1. The Morgan fingerprint density at radius 1 is 1.09 bits per heavy atom. The van der Waals surface area contributed by atoms with Crippen LogP contribution in [0.2, 0.25) is 0 Å². The van der Waals surface area contributed by atoms with Crippen molar-refractivity contribution in [2.45, 2.75) is 44.1 Å². The highest BCUT2D eigenvalue weighted by atomic mass is 19.4. The minimum Gasteiger partial charge on any atom is -0.341 e. The van der Waals surface area contributed by atoms with Crippen molar-refractivity contribution < 1.29 is 31.1 Å². The third-order valence-electron chi connectivity index (χ3n) is 5.57. The number of fused-ring (bicyclic) bond motifs is 1. The summed E-state index contributed by atoms with van der Waals surface area (Å²) in [6.45, 7) is 1.70. The van der Waals surface area contributed by atoms with Gasteiger partial charge in [-0.15, -0.1) is 0 Å². The first-order valence-corrected chi connectivity index (χ1v) is 9.84. The van der Waals surface area contributed by atoms with Crippen LogP contribution in [0.15, 0.2) is 30.6 Å². The molecule has 7 nitrogen and oxygen atoms in total. The molecular weight excluding hydrogens is 454 g/mol. The molecule has 1 unspecified atom stereocenters. The molecule has 0 spiro atoms. The average molecular weight is 472 g/mol. The number of aromatic nitrogens is 5. The Hall–Kier alpha value is -3.38. The number of nitrogens with one attached hydrogen (secondary N) is 1. The fourth-order valence-corrected chi connectivity index (χ4v) is 3.91. The molecule has 0 saturated carbocycles. The first-order valence-electron chi connectivity index (χ1n) is 9.84. The molecule has 0 bridgehead atoms. The van der Waals surface area contributed by atoms with E-state index in [9.17, 15) is 31.1 Å². The number of halogens is 6. The van der Waals surface area contributed by atoms with Crippen LogP contribution in [0, 0.1) is 0 Å². The molecule has 1 aliphatic rings. The molecule has 33 heavy (non-hydrogen) atoms. The van der Waals surface area contributed by atoms with Gasteiger partial charge in [0.2, 0.25) is 0 Å². The lowest BCUT2D eigenvalue weighted by molar-refractivity contribution is -0.142. The summed E-state index contributed by atoms with van der Waals surface area (Å²) in [4.78, 5) is 16.2. The van der Waals surface area contributed by atoms with Crippen molar-refractivity contribution >= 4 is 5.91 Å². The summed E-state index contributed by atoms with van der Waals surface area (Å²) in [6, 6.07) is 2.90. The Balaban J connectivity index is 1.65. The third-order valence-corrected chi connectivity index (χ3v) is 5.57. The van der Waals surface area contributed by atoms with E-state index in [1.807, 2.05) is 0 Å². The highest BCUT2D eigenvalue weighted by molar-refractivity contribution is 5.93. The zero-order valence-corrected chi connectivity index (χ0v) is 17.4. The second-order valence-electron chi connectivity index (χ2n) is 8.01. The van der Waals surface area contributed by atoms with Crippen LogP contribution < -0.4 is 5.32 Å². The predicted octanol–water partition coefficient (Wildman–Crippen LogP) is 4.02. The van der Waals surface area contributed by atoms with Gasteiger partial charge in [0.15, 0.2) is 5.69 Å². The molecule has 3 aromatic rings. The molecule has 3 heterocycles.